The lowest BCUT2D eigenvalue weighted by atomic mass is 10.1. The number of thiophene rings is 1. The molecule has 0 saturated heterocycles. The van der Waals surface area contributed by atoms with E-state index < -0.39 is 0 Å². The van der Waals surface area contributed by atoms with Crippen LogP contribution in [0.3, 0.4) is 0 Å². The second-order valence-electron chi connectivity index (χ2n) is 3.72. The van der Waals surface area contributed by atoms with E-state index in [0.29, 0.717) is 12.2 Å². The highest BCUT2D eigenvalue weighted by atomic mass is 32.1. The van der Waals surface area contributed by atoms with Gasteiger partial charge in [-0.1, -0.05) is 6.07 Å². The van der Waals surface area contributed by atoms with Gasteiger partial charge in [-0.3, -0.25) is 4.79 Å². The Balaban J connectivity index is 2.29. The highest BCUT2D eigenvalue weighted by Gasteiger charge is 2.11. The van der Waals surface area contributed by atoms with Gasteiger partial charge in [0, 0.05) is 5.56 Å². The van der Waals surface area contributed by atoms with Gasteiger partial charge in [-0.05, 0) is 49.1 Å². The molecular formula is C14H14O2S. The molecule has 0 fully saturated rings. The Hall–Kier alpha value is -1.61. The summed E-state index contributed by atoms with van der Waals surface area (Å²) in [5, 5.41) is 1.91. The van der Waals surface area contributed by atoms with Gasteiger partial charge in [0.05, 0.1) is 11.5 Å². The average Bonchev–Trinajstić information content (AvgIpc) is 2.84. The van der Waals surface area contributed by atoms with Crippen molar-refractivity contribution in [3.63, 3.8) is 0 Å². The zero-order valence-electron chi connectivity index (χ0n) is 9.90. The van der Waals surface area contributed by atoms with Crippen molar-refractivity contribution in [2.75, 3.05) is 6.61 Å². The SMILES string of the molecule is CCOc1ccc(C(=O)c2cccs2)cc1C. The summed E-state index contributed by atoms with van der Waals surface area (Å²) < 4.78 is 5.45. The van der Waals surface area contributed by atoms with E-state index in [4.69, 9.17) is 4.74 Å². The fourth-order valence-electron chi connectivity index (χ4n) is 1.66. The van der Waals surface area contributed by atoms with Crippen molar-refractivity contribution in [3.05, 3.63) is 51.7 Å². The first-order chi connectivity index (χ1) is 8.22. The molecule has 0 aliphatic carbocycles. The van der Waals surface area contributed by atoms with Crippen molar-refractivity contribution in [1.82, 2.24) is 0 Å². The summed E-state index contributed by atoms with van der Waals surface area (Å²) in [6.07, 6.45) is 0. The van der Waals surface area contributed by atoms with Crippen molar-refractivity contribution in [2.45, 2.75) is 13.8 Å². The molecule has 0 spiro atoms. The van der Waals surface area contributed by atoms with E-state index in [1.165, 1.54) is 11.3 Å². The summed E-state index contributed by atoms with van der Waals surface area (Å²) >= 11 is 1.47. The maximum atomic E-state index is 12.1. The molecule has 88 valence electrons. The van der Waals surface area contributed by atoms with Crippen LogP contribution in [0.5, 0.6) is 5.75 Å². The molecule has 0 aliphatic heterocycles. The standard InChI is InChI=1S/C14H14O2S/c1-3-16-12-7-6-11(9-10(12)2)14(15)13-5-4-8-17-13/h4-9H,3H2,1-2H3. The molecule has 3 heteroatoms. The minimum atomic E-state index is 0.0751. The van der Waals surface area contributed by atoms with Crippen LogP contribution in [0.15, 0.2) is 35.7 Å². The van der Waals surface area contributed by atoms with Crippen LogP contribution in [0.25, 0.3) is 0 Å². The normalized spacial score (nSPS) is 10.2. The average molecular weight is 246 g/mol. The highest BCUT2D eigenvalue weighted by molar-refractivity contribution is 7.12. The summed E-state index contributed by atoms with van der Waals surface area (Å²) in [5.74, 6) is 0.918. The first kappa shape index (κ1) is 11.9. The maximum absolute atomic E-state index is 12.1. The minimum Gasteiger partial charge on any atom is -0.494 e. The molecule has 0 atom stereocenters. The molecular weight excluding hydrogens is 232 g/mol. The third kappa shape index (κ3) is 2.56. The smallest absolute Gasteiger partial charge is 0.202 e. The van der Waals surface area contributed by atoms with Crippen molar-refractivity contribution in [2.24, 2.45) is 0 Å². The van der Waals surface area contributed by atoms with Gasteiger partial charge in [-0.25, -0.2) is 0 Å². The molecule has 0 amide bonds. The zero-order valence-corrected chi connectivity index (χ0v) is 10.7. The number of ether oxygens (including phenoxy) is 1. The number of aryl methyl sites for hydroxylation is 1. The van der Waals surface area contributed by atoms with E-state index in [1.807, 2.05) is 49.6 Å². The van der Waals surface area contributed by atoms with Gasteiger partial charge in [0.25, 0.3) is 0 Å². The highest BCUT2D eigenvalue weighted by Crippen LogP contribution is 2.22. The van der Waals surface area contributed by atoms with Crippen LogP contribution in [0.4, 0.5) is 0 Å². The van der Waals surface area contributed by atoms with E-state index >= 15 is 0 Å². The predicted octanol–water partition coefficient (Wildman–Crippen LogP) is 3.69. The Bertz CT molecular complexity index is 515. The summed E-state index contributed by atoms with van der Waals surface area (Å²) in [6, 6.07) is 9.30. The molecule has 0 N–H and O–H groups in total. The summed E-state index contributed by atoms with van der Waals surface area (Å²) in [4.78, 5) is 12.9. The van der Waals surface area contributed by atoms with Gasteiger partial charge in [0.2, 0.25) is 5.78 Å². The second-order valence-corrected chi connectivity index (χ2v) is 4.67. The first-order valence-corrected chi connectivity index (χ1v) is 6.42. The molecule has 1 aromatic heterocycles. The molecule has 2 nitrogen and oxygen atoms in total. The molecule has 0 aliphatic rings. The fraction of sp³-hybridized carbons (Fsp3) is 0.214. The van der Waals surface area contributed by atoms with Gasteiger partial charge >= 0.3 is 0 Å². The lowest BCUT2D eigenvalue weighted by Crippen LogP contribution is -2.00. The molecule has 17 heavy (non-hydrogen) atoms. The number of carbonyl (C=O) groups is 1. The number of carbonyl (C=O) groups excluding carboxylic acids is 1. The second kappa shape index (κ2) is 5.15. The summed E-state index contributed by atoms with van der Waals surface area (Å²) in [7, 11) is 0. The van der Waals surface area contributed by atoms with E-state index in [9.17, 15) is 4.79 Å². The van der Waals surface area contributed by atoms with Gasteiger partial charge in [-0.2, -0.15) is 0 Å². The van der Waals surface area contributed by atoms with Crippen molar-refractivity contribution in [3.8, 4) is 5.75 Å². The predicted molar refractivity (Wildman–Crippen MR) is 70.1 cm³/mol. The Labute approximate surface area is 105 Å². The van der Waals surface area contributed by atoms with E-state index in [-0.39, 0.29) is 5.78 Å². The number of ketones is 1. The van der Waals surface area contributed by atoms with Crippen LogP contribution in [0, 0.1) is 6.92 Å². The van der Waals surface area contributed by atoms with Crippen LogP contribution in [0.1, 0.15) is 27.7 Å². The molecule has 1 aromatic carbocycles. The number of rotatable bonds is 4. The van der Waals surface area contributed by atoms with Crippen molar-refractivity contribution in [1.29, 1.82) is 0 Å². The van der Waals surface area contributed by atoms with E-state index in [2.05, 4.69) is 0 Å². The molecule has 0 unspecified atom stereocenters. The van der Waals surface area contributed by atoms with Gasteiger partial charge in [-0.15, -0.1) is 11.3 Å². The zero-order chi connectivity index (χ0) is 12.3. The lowest BCUT2D eigenvalue weighted by molar-refractivity contribution is 0.104. The van der Waals surface area contributed by atoms with Gasteiger partial charge in [0.1, 0.15) is 5.75 Å². The van der Waals surface area contributed by atoms with Crippen LogP contribution >= 0.6 is 11.3 Å². The lowest BCUT2D eigenvalue weighted by Gasteiger charge is -2.08. The quantitative estimate of drug-likeness (QED) is 0.769. The molecule has 0 radical (unpaired) electrons. The van der Waals surface area contributed by atoms with Crippen molar-refractivity contribution < 1.29 is 9.53 Å². The van der Waals surface area contributed by atoms with Gasteiger partial charge in [0.15, 0.2) is 0 Å². The third-order valence-electron chi connectivity index (χ3n) is 2.48. The molecule has 2 rings (SSSR count). The minimum absolute atomic E-state index is 0.0751. The van der Waals surface area contributed by atoms with Crippen LogP contribution in [0.2, 0.25) is 0 Å². The fourth-order valence-corrected chi connectivity index (χ4v) is 2.34. The molecule has 0 bridgehead atoms. The van der Waals surface area contributed by atoms with Crippen LogP contribution in [-0.2, 0) is 0 Å². The van der Waals surface area contributed by atoms with Crippen LogP contribution in [-0.4, -0.2) is 12.4 Å². The monoisotopic (exact) mass is 246 g/mol. The summed E-state index contributed by atoms with van der Waals surface area (Å²) in [5.41, 5.74) is 1.71. The molecule has 2 aromatic rings. The Morgan fingerprint density at radius 2 is 2.18 bits per heavy atom. The van der Waals surface area contributed by atoms with Crippen LogP contribution < -0.4 is 4.74 Å². The molecule has 0 saturated carbocycles. The van der Waals surface area contributed by atoms with Gasteiger partial charge < -0.3 is 4.74 Å². The number of hydrogen-bond donors (Lipinski definition) is 0. The topological polar surface area (TPSA) is 26.3 Å². The largest absolute Gasteiger partial charge is 0.494 e. The third-order valence-corrected chi connectivity index (χ3v) is 3.35. The Morgan fingerprint density at radius 3 is 2.76 bits per heavy atom. The number of hydrogen-bond acceptors (Lipinski definition) is 3. The van der Waals surface area contributed by atoms with Crippen molar-refractivity contribution >= 4 is 17.1 Å². The maximum Gasteiger partial charge on any atom is 0.202 e. The Morgan fingerprint density at radius 1 is 1.35 bits per heavy atom. The molecule has 1 heterocycles. The summed E-state index contributed by atoms with van der Waals surface area (Å²) in [6.45, 7) is 4.54. The van der Waals surface area contributed by atoms with E-state index in [1.54, 1.807) is 0 Å². The van der Waals surface area contributed by atoms with E-state index in [0.717, 1.165) is 16.2 Å². The Kier molecular flexibility index (Phi) is 3.59. The first-order valence-electron chi connectivity index (χ1n) is 5.54. The number of benzene rings is 1.